The number of esters is 2. The fraction of sp³-hybridized carbons (Fsp3) is 0.480. The molecule has 0 bridgehead atoms. The molecule has 0 aliphatic rings. The lowest BCUT2D eigenvalue weighted by Gasteiger charge is -2.29. The van der Waals surface area contributed by atoms with Crippen LogP contribution in [0.4, 0.5) is 10.2 Å². The molecular formula is C25H32FN5O5. The number of anilines is 1. The smallest absolute Gasteiger partial charge is 0.312 e. The SMILES string of the molecule is COC(CCn1cnc2c(N)nc(F)nc21)COC(=O)CC(C)(C)c1c(C)cc(C)cc1OC(C)=O. The predicted octanol–water partition coefficient (Wildman–Crippen LogP) is 3.41. The predicted molar refractivity (Wildman–Crippen MR) is 131 cm³/mol. The van der Waals surface area contributed by atoms with Crippen LogP contribution in [0.25, 0.3) is 11.2 Å². The Morgan fingerprint density at radius 3 is 2.61 bits per heavy atom. The minimum absolute atomic E-state index is 0.0308. The summed E-state index contributed by atoms with van der Waals surface area (Å²) in [5, 5.41) is 0. The number of hydrogen-bond acceptors (Lipinski definition) is 9. The van der Waals surface area contributed by atoms with Gasteiger partial charge in [-0.05, 0) is 37.5 Å². The minimum Gasteiger partial charge on any atom is -0.463 e. The summed E-state index contributed by atoms with van der Waals surface area (Å²) >= 11 is 0. The van der Waals surface area contributed by atoms with Gasteiger partial charge in [-0.25, -0.2) is 4.98 Å². The van der Waals surface area contributed by atoms with E-state index < -0.39 is 29.5 Å². The normalized spacial score (nSPS) is 12.5. The number of methoxy groups -OCH3 is 1. The van der Waals surface area contributed by atoms with Crippen LogP contribution in [0.2, 0.25) is 0 Å². The number of ether oxygens (including phenoxy) is 3. The van der Waals surface area contributed by atoms with Crippen LogP contribution in [0.5, 0.6) is 5.75 Å². The van der Waals surface area contributed by atoms with Crippen LogP contribution in [0.15, 0.2) is 18.5 Å². The zero-order chi connectivity index (χ0) is 26.6. The lowest BCUT2D eigenvalue weighted by atomic mass is 9.78. The summed E-state index contributed by atoms with van der Waals surface area (Å²) in [6, 6.07) is 3.78. The Morgan fingerprint density at radius 1 is 1.22 bits per heavy atom. The van der Waals surface area contributed by atoms with Gasteiger partial charge in [0.05, 0.1) is 18.9 Å². The lowest BCUT2D eigenvalue weighted by Crippen LogP contribution is -2.28. The second-order valence-electron chi connectivity index (χ2n) is 9.43. The van der Waals surface area contributed by atoms with Crippen LogP contribution in [-0.2, 0) is 31.0 Å². The van der Waals surface area contributed by atoms with E-state index in [1.807, 2.05) is 33.8 Å². The number of nitrogens with two attached hydrogens (primary N) is 1. The number of fused-ring (bicyclic) bond motifs is 1. The van der Waals surface area contributed by atoms with Gasteiger partial charge in [-0.1, -0.05) is 19.9 Å². The first-order chi connectivity index (χ1) is 16.9. The topological polar surface area (TPSA) is 131 Å². The zero-order valence-corrected chi connectivity index (χ0v) is 21.4. The molecule has 0 fully saturated rings. The molecule has 10 nitrogen and oxygen atoms in total. The van der Waals surface area contributed by atoms with Crippen molar-refractivity contribution in [3.05, 3.63) is 41.2 Å². The summed E-state index contributed by atoms with van der Waals surface area (Å²) < 4.78 is 31.7. The molecule has 3 aromatic rings. The molecule has 1 aromatic carbocycles. The van der Waals surface area contributed by atoms with E-state index in [9.17, 15) is 14.0 Å². The van der Waals surface area contributed by atoms with E-state index in [-0.39, 0.29) is 24.5 Å². The third-order valence-electron chi connectivity index (χ3n) is 5.88. The lowest BCUT2D eigenvalue weighted by molar-refractivity contribution is -0.148. The number of aromatic nitrogens is 4. The van der Waals surface area contributed by atoms with Crippen molar-refractivity contribution < 1.29 is 28.2 Å². The van der Waals surface area contributed by atoms with Crippen LogP contribution in [0.1, 0.15) is 50.3 Å². The third-order valence-corrected chi connectivity index (χ3v) is 5.88. The van der Waals surface area contributed by atoms with Crippen molar-refractivity contribution in [3.8, 4) is 5.75 Å². The Hall–Kier alpha value is -3.60. The van der Waals surface area contributed by atoms with Gasteiger partial charge in [-0.2, -0.15) is 14.4 Å². The van der Waals surface area contributed by atoms with Gasteiger partial charge in [-0.3, -0.25) is 9.59 Å². The molecule has 2 aromatic heterocycles. The first-order valence-electron chi connectivity index (χ1n) is 11.5. The average Bonchev–Trinajstić information content (AvgIpc) is 3.15. The van der Waals surface area contributed by atoms with Gasteiger partial charge in [0.15, 0.2) is 11.5 Å². The highest BCUT2D eigenvalue weighted by molar-refractivity contribution is 5.81. The van der Waals surface area contributed by atoms with Gasteiger partial charge >= 0.3 is 18.0 Å². The van der Waals surface area contributed by atoms with E-state index in [0.29, 0.717) is 24.2 Å². The van der Waals surface area contributed by atoms with Gasteiger partial charge in [-0.15, -0.1) is 0 Å². The molecule has 0 aliphatic carbocycles. The number of hydrogen-bond donors (Lipinski definition) is 1. The number of carbonyl (C=O) groups is 2. The summed E-state index contributed by atoms with van der Waals surface area (Å²) in [4.78, 5) is 35.8. The molecule has 36 heavy (non-hydrogen) atoms. The number of nitrogens with zero attached hydrogens (tertiary/aromatic N) is 4. The number of rotatable bonds is 10. The summed E-state index contributed by atoms with van der Waals surface area (Å²) in [7, 11) is 1.52. The van der Waals surface area contributed by atoms with Gasteiger partial charge < -0.3 is 24.5 Å². The van der Waals surface area contributed by atoms with E-state index >= 15 is 0 Å². The molecule has 0 spiro atoms. The van der Waals surface area contributed by atoms with Gasteiger partial charge in [0, 0.05) is 31.6 Å². The maximum absolute atomic E-state index is 13.6. The van der Waals surface area contributed by atoms with E-state index in [1.165, 1.54) is 20.4 Å². The summed E-state index contributed by atoms with van der Waals surface area (Å²) in [6.07, 6.45) is 0.695. The Balaban J connectivity index is 1.63. The molecule has 1 unspecified atom stereocenters. The van der Waals surface area contributed by atoms with Gasteiger partial charge in [0.1, 0.15) is 17.9 Å². The van der Waals surface area contributed by atoms with Crippen LogP contribution in [0, 0.1) is 19.9 Å². The highest BCUT2D eigenvalue weighted by Gasteiger charge is 2.31. The van der Waals surface area contributed by atoms with Crippen molar-refractivity contribution in [1.29, 1.82) is 0 Å². The largest absolute Gasteiger partial charge is 0.463 e. The zero-order valence-electron chi connectivity index (χ0n) is 21.4. The Kier molecular flexibility index (Phi) is 8.24. The van der Waals surface area contributed by atoms with E-state index in [1.54, 1.807) is 10.6 Å². The van der Waals surface area contributed by atoms with Crippen LogP contribution in [-0.4, -0.2) is 51.3 Å². The van der Waals surface area contributed by atoms with E-state index in [2.05, 4.69) is 15.0 Å². The third kappa shape index (κ3) is 6.34. The molecule has 194 valence electrons. The number of aryl methyl sites for hydroxylation is 3. The van der Waals surface area contributed by atoms with Crippen LogP contribution >= 0.6 is 0 Å². The van der Waals surface area contributed by atoms with Crippen LogP contribution in [0.3, 0.4) is 0 Å². The van der Waals surface area contributed by atoms with Crippen molar-refractivity contribution in [2.45, 2.75) is 65.5 Å². The summed E-state index contributed by atoms with van der Waals surface area (Å²) in [5.74, 6) is -0.422. The van der Waals surface area contributed by atoms with Crippen molar-refractivity contribution in [2.24, 2.45) is 0 Å². The van der Waals surface area contributed by atoms with Crippen molar-refractivity contribution in [3.63, 3.8) is 0 Å². The quantitative estimate of drug-likeness (QED) is 0.252. The Bertz CT molecular complexity index is 1270. The standard InChI is InChI=1S/C25H32FN5O5/c1-14-9-15(2)20(18(10-14)36-16(3)32)25(4,5)11-19(33)35-12-17(34-6)7-8-31-13-28-21-22(27)29-24(26)30-23(21)31/h9-10,13,17H,7-8,11-12H2,1-6H3,(H2,27,29,30). The molecule has 0 saturated heterocycles. The molecule has 0 radical (unpaired) electrons. The summed E-state index contributed by atoms with van der Waals surface area (Å²) in [6.45, 7) is 9.43. The van der Waals surface area contributed by atoms with Gasteiger partial charge in [0.25, 0.3) is 0 Å². The van der Waals surface area contributed by atoms with Crippen molar-refractivity contribution >= 4 is 28.9 Å². The molecule has 2 N–H and O–H groups in total. The van der Waals surface area contributed by atoms with Crippen LogP contribution < -0.4 is 10.5 Å². The number of imidazole rings is 1. The maximum Gasteiger partial charge on any atom is 0.312 e. The second kappa shape index (κ2) is 11.0. The Labute approximate surface area is 209 Å². The molecule has 1 atom stereocenters. The highest BCUT2D eigenvalue weighted by atomic mass is 19.1. The molecular weight excluding hydrogens is 469 g/mol. The fourth-order valence-electron chi connectivity index (χ4n) is 4.37. The monoisotopic (exact) mass is 501 g/mol. The molecule has 0 aliphatic heterocycles. The molecule has 11 heteroatoms. The first kappa shape index (κ1) is 27.0. The van der Waals surface area contributed by atoms with Crippen molar-refractivity contribution in [2.75, 3.05) is 19.5 Å². The number of carbonyl (C=O) groups excluding carboxylic acids is 2. The molecule has 0 amide bonds. The van der Waals surface area contributed by atoms with E-state index in [0.717, 1.165) is 16.7 Å². The minimum atomic E-state index is -0.928. The second-order valence-corrected chi connectivity index (χ2v) is 9.43. The van der Waals surface area contributed by atoms with Crippen molar-refractivity contribution in [1.82, 2.24) is 19.5 Å². The number of halogens is 1. The first-order valence-corrected chi connectivity index (χ1v) is 11.5. The highest BCUT2D eigenvalue weighted by Crippen LogP contribution is 2.38. The average molecular weight is 502 g/mol. The van der Waals surface area contributed by atoms with Gasteiger partial charge in [0.2, 0.25) is 0 Å². The fourth-order valence-corrected chi connectivity index (χ4v) is 4.37. The summed E-state index contributed by atoms with van der Waals surface area (Å²) in [5.41, 5.74) is 8.31. The maximum atomic E-state index is 13.6. The van der Waals surface area contributed by atoms with E-state index in [4.69, 9.17) is 19.9 Å². The molecule has 2 heterocycles. The number of nitrogen functional groups attached to an aromatic ring is 1. The Morgan fingerprint density at radius 2 is 1.94 bits per heavy atom. The molecule has 3 rings (SSSR count). The number of benzene rings is 1. The molecule has 0 saturated carbocycles.